The maximum atomic E-state index is 11.5. The van der Waals surface area contributed by atoms with Crippen molar-refractivity contribution in [1.82, 2.24) is 15.5 Å². The number of amides is 1. The molecule has 0 radical (unpaired) electrons. The monoisotopic (exact) mass is 342 g/mol. The Balaban J connectivity index is 2.57. The van der Waals surface area contributed by atoms with E-state index in [9.17, 15) is 4.79 Å². The first-order valence-electron chi connectivity index (χ1n) is 8.72. The van der Waals surface area contributed by atoms with E-state index in [2.05, 4.69) is 43.3 Å². The first-order chi connectivity index (χ1) is 11.3. The number of hydrogen-bond donors (Lipinski definition) is 2. The molecule has 0 bridgehead atoms. The molecular formula is C17H34N4O3. The summed E-state index contributed by atoms with van der Waals surface area (Å²) in [5.74, 6) is 0.806. The van der Waals surface area contributed by atoms with Crippen molar-refractivity contribution >= 4 is 12.1 Å². The van der Waals surface area contributed by atoms with Crippen LogP contribution in [0, 0.1) is 5.41 Å². The molecule has 2 N–H and O–H groups in total. The average molecular weight is 342 g/mol. The molecule has 1 heterocycles. The van der Waals surface area contributed by atoms with Gasteiger partial charge in [0.15, 0.2) is 5.96 Å². The molecule has 7 heteroatoms. The zero-order valence-corrected chi connectivity index (χ0v) is 16.0. The fourth-order valence-corrected chi connectivity index (χ4v) is 2.73. The van der Waals surface area contributed by atoms with Gasteiger partial charge in [-0.2, -0.15) is 0 Å². The van der Waals surface area contributed by atoms with E-state index in [4.69, 9.17) is 9.47 Å². The van der Waals surface area contributed by atoms with E-state index in [-0.39, 0.29) is 17.6 Å². The molecule has 1 saturated heterocycles. The van der Waals surface area contributed by atoms with Crippen molar-refractivity contribution in [2.45, 2.75) is 52.7 Å². The van der Waals surface area contributed by atoms with E-state index in [1.807, 2.05) is 0 Å². The van der Waals surface area contributed by atoms with Crippen molar-refractivity contribution in [3.8, 4) is 0 Å². The molecule has 0 aromatic heterocycles. The predicted octanol–water partition coefficient (Wildman–Crippen LogP) is 1.83. The van der Waals surface area contributed by atoms with Crippen molar-refractivity contribution in [2.24, 2.45) is 10.4 Å². The molecule has 1 amide bonds. The van der Waals surface area contributed by atoms with Crippen LogP contribution >= 0.6 is 0 Å². The third-order valence-electron chi connectivity index (χ3n) is 4.28. The van der Waals surface area contributed by atoms with Crippen LogP contribution in [0.1, 0.15) is 40.5 Å². The summed E-state index contributed by atoms with van der Waals surface area (Å²) in [5.41, 5.74) is 0.0431. The Kier molecular flexibility index (Phi) is 8.31. The molecule has 1 aliphatic heterocycles. The van der Waals surface area contributed by atoms with Crippen LogP contribution in [0.5, 0.6) is 0 Å². The van der Waals surface area contributed by atoms with Gasteiger partial charge in [0, 0.05) is 32.8 Å². The number of methoxy groups -OCH3 is 2. The maximum Gasteiger partial charge on any atom is 0.409 e. The molecule has 1 rings (SSSR count). The minimum Gasteiger partial charge on any atom is -0.453 e. The average Bonchev–Trinajstić information content (AvgIpc) is 2.54. The number of carbonyl (C=O) groups is 1. The zero-order chi connectivity index (χ0) is 18.2. The van der Waals surface area contributed by atoms with Gasteiger partial charge in [-0.05, 0) is 25.2 Å². The number of aliphatic imine (C=N–C) groups is 1. The second-order valence-electron chi connectivity index (χ2n) is 7.19. The minimum absolute atomic E-state index is 0.0431. The second-order valence-corrected chi connectivity index (χ2v) is 7.19. The van der Waals surface area contributed by atoms with Crippen molar-refractivity contribution in [1.29, 1.82) is 0 Å². The van der Waals surface area contributed by atoms with Gasteiger partial charge in [0.1, 0.15) is 0 Å². The van der Waals surface area contributed by atoms with Crippen LogP contribution in [0.2, 0.25) is 0 Å². The first kappa shape index (κ1) is 20.5. The standard InChI is InChI=1S/C17H34N4O3/c1-7-18-15(19-12-14(23-5)17(2,3)4)20-13-8-10-21(11-9-13)16(22)24-6/h13-14H,7-12H2,1-6H3,(H2,18,19,20). The number of rotatable bonds is 5. The van der Waals surface area contributed by atoms with E-state index >= 15 is 0 Å². The minimum atomic E-state index is -0.248. The van der Waals surface area contributed by atoms with Gasteiger partial charge in [-0.3, -0.25) is 4.99 Å². The molecule has 0 aromatic rings. The molecule has 1 atom stereocenters. The molecule has 1 fully saturated rings. The van der Waals surface area contributed by atoms with Crippen LogP contribution < -0.4 is 10.6 Å². The molecule has 0 saturated carbocycles. The van der Waals surface area contributed by atoms with Crippen molar-refractivity contribution in [3.05, 3.63) is 0 Å². The van der Waals surface area contributed by atoms with Gasteiger partial charge in [0.2, 0.25) is 0 Å². The molecular weight excluding hydrogens is 308 g/mol. The van der Waals surface area contributed by atoms with E-state index < -0.39 is 0 Å². The van der Waals surface area contributed by atoms with Crippen LogP contribution in [0.25, 0.3) is 0 Å². The highest BCUT2D eigenvalue weighted by atomic mass is 16.5. The number of likely N-dealkylation sites (tertiary alicyclic amines) is 1. The van der Waals surface area contributed by atoms with Gasteiger partial charge in [0.25, 0.3) is 0 Å². The van der Waals surface area contributed by atoms with E-state index in [0.29, 0.717) is 25.7 Å². The summed E-state index contributed by atoms with van der Waals surface area (Å²) in [6, 6.07) is 0.305. The summed E-state index contributed by atoms with van der Waals surface area (Å²) in [6.07, 6.45) is 1.58. The van der Waals surface area contributed by atoms with Gasteiger partial charge in [0.05, 0.1) is 19.8 Å². The van der Waals surface area contributed by atoms with Crippen LogP contribution in [0.4, 0.5) is 4.79 Å². The van der Waals surface area contributed by atoms with Crippen molar-refractivity contribution in [3.63, 3.8) is 0 Å². The summed E-state index contributed by atoms with van der Waals surface area (Å²) in [5, 5.41) is 6.75. The Morgan fingerprint density at radius 3 is 2.38 bits per heavy atom. The molecule has 24 heavy (non-hydrogen) atoms. The van der Waals surface area contributed by atoms with Crippen molar-refractivity contribution in [2.75, 3.05) is 40.4 Å². The summed E-state index contributed by atoms with van der Waals surface area (Å²) in [7, 11) is 3.15. The lowest BCUT2D eigenvalue weighted by molar-refractivity contribution is 0.0241. The van der Waals surface area contributed by atoms with Crippen LogP contribution in [0.3, 0.4) is 0 Å². The first-order valence-corrected chi connectivity index (χ1v) is 8.72. The van der Waals surface area contributed by atoms with Crippen LogP contribution in [-0.4, -0.2) is 69.5 Å². The highest BCUT2D eigenvalue weighted by Crippen LogP contribution is 2.21. The Morgan fingerprint density at radius 2 is 1.92 bits per heavy atom. The third kappa shape index (κ3) is 6.55. The quantitative estimate of drug-likeness (QED) is 0.589. The highest BCUT2D eigenvalue weighted by Gasteiger charge is 2.25. The topological polar surface area (TPSA) is 75.2 Å². The van der Waals surface area contributed by atoms with Gasteiger partial charge in [-0.25, -0.2) is 4.79 Å². The lowest BCUT2D eigenvalue weighted by atomic mass is 9.89. The third-order valence-corrected chi connectivity index (χ3v) is 4.28. The Bertz CT molecular complexity index is 413. The molecule has 0 aliphatic carbocycles. The molecule has 1 aliphatic rings. The lowest BCUT2D eigenvalue weighted by Crippen LogP contribution is -2.50. The molecule has 0 spiro atoms. The fraction of sp³-hybridized carbons (Fsp3) is 0.882. The molecule has 7 nitrogen and oxygen atoms in total. The number of ether oxygens (including phenoxy) is 2. The van der Waals surface area contributed by atoms with Crippen LogP contribution in [0.15, 0.2) is 4.99 Å². The Hall–Kier alpha value is -1.50. The molecule has 140 valence electrons. The number of nitrogens with zero attached hydrogens (tertiary/aromatic N) is 2. The normalized spacial score (nSPS) is 18.2. The lowest BCUT2D eigenvalue weighted by Gasteiger charge is -2.32. The highest BCUT2D eigenvalue weighted by molar-refractivity contribution is 5.80. The molecule has 1 unspecified atom stereocenters. The number of piperidine rings is 1. The van der Waals surface area contributed by atoms with E-state index in [1.165, 1.54) is 7.11 Å². The van der Waals surface area contributed by atoms with Crippen LogP contribution in [-0.2, 0) is 9.47 Å². The van der Waals surface area contributed by atoms with Crippen molar-refractivity contribution < 1.29 is 14.3 Å². The second kappa shape index (κ2) is 9.71. The number of guanidine groups is 1. The Labute approximate surface area is 146 Å². The van der Waals surface area contributed by atoms with E-state index in [0.717, 1.165) is 25.3 Å². The number of nitrogens with one attached hydrogen (secondary N) is 2. The number of hydrogen-bond acceptors (Lipinski definition) is 4. The summed E-state index contributed by atoms with van der Waals surface area (Å²) >= 11 is 0. The van der Waals surface area contributed by atoms with Gasteiger partial charge in [-0.1, -0.05) is 20.8 Å². The summed E-state index contributed by atoms with van der Waals surface area (Å²) in [4.78, 5) is 18.0. The Morgan fingerprint density at radius 1 is 1.29 bits per heavy atom. The van der Waals surface area contributed by atoms with E-state index in [1.54, 1.807) is 12.0 Å². The molecule has 0 aromatic carbocycles. The van der Waals surface area contributed by atoms with Gasteiger partial charge >= 0.3 is 6.09 Å². The summed E-state index contributed by atoms with van der Waals surface area (Å²) in [6.45, 7) is 11.3. The smallest absolute Gasteiger partial charge is 0.409 e. The zero-order valence-electron chi connectivity index (χ0n) is 16.0. The largest absolute Gasteiger partial charge is 0.453 e. The fourth-order valence-electron chi connectivity index (χ4n) is 2.73. The summed E-state index contributed by atoms with van der Waals surface area (Å²) < 4.78 is 10.3. The van der Waals surface area contributed by atoms with Gasteiger partial charge < -0.3 is 25.0 Å². The maximum absolute atomic E-state index is 11.5. The SMILES string of the molecule is CCNC(=NCC(OC)C(C)(C)C)NC1CCN(C(=O)OC)CC1. The predicted molar refractivity (Wildman–Crippen MR) is 96.4 cm³/mol. The number of carbonyl (C=O) groups excluding carboxylic acids is 1. The van der Waals surface area contributed by atoms with Gasteiger partial charge in [-0.15, -0.1) is 0 Å².